The number of fused-ring (bicyclic) bond motifs is 1. The lowest BCUT2D eigenvalue weighted by Gasteiger charge is -2.26. The SMILES string of the molecule is CCC1(CC)NC(=O)N(CC(=O)N2C[C@@H]3CCN(C(=O)CC4CCN(C)C4=O)[C@@H]3C2)C1=O. The largest absolute Gasteiger partial charge is 0.345 e. The number of urea groups is 1. The monoisotopic (exact) mass is 447 g/mol. The molecule has 6 amide bonds. The normalized spacial score (nSPS) is 29.2. The second-order valence-corrected chi connectivity index (χ2v) is 9.56. The molecule has 0 spiro atoms. The quantitative estimate of drug-likeness (QED) is 0.578. The van der Waals surface area contributed by atoms with Crippen LogP contribution >= 0.6 is 0 Å². The van der Waals surface area contributed by atoms with Gasteiger partial charge < -0.3 is 20.0 Å². The van der Waals surface area contributed by atoms with Crippen LogP contribution in [0.15, 0.2) is 0 Å². The van der Waals surface area contributed by atoms with E-state index in [9.17, 15) is 24.0 Å². The molecule has 4 aliphatic heterocycles. The molecule has 176 valence electrons. The molecule has 0 aromatic heterocycles. The van der Waals surface area contributed by atoms with Crippen LogP contribution in [0.3, 0.4) is 0 Å². The zero-order chi connectivity index (χ0) is 23.2. The van der Waals surface area contributed by atoms with E-state index in [0.717, 1.165) is 11.3 Å². The van der Waals surface area contributed by atoms with Gasteiger partial charge in [-0.3, -0.25) is 24.1 Å². The first-order valence-corrected chi connectivity index (χ1v) is 11.7. The lowest BCUT2D eigenvalue weighted by Crippen LogP contribution is -2.47. The minimum absolute atomic E-state index is 0.0229. The Balaban J connectivity index is 1.35. The summed E-state index contributed by atoms with van der Waals surface area (Å²) in [7, 11) is 1.76. The molecule has 0 aromatic carbocycles. The van der Waals surface area contributed by atoms with Crippen molar-refractivity contribution in [3.05, 3.63) is 0 Å². The lowest BCUT2D eigenvalue weighted by molar-refractivity contribution is -0.139. The van der Waals surface area contributed by atoms with E-state index in [0.29, 0.717) is 45.4 Å². The van der Waals surface area contributed by atoms with E-state index >= 15 is 0 Å². The van der Waals surface area contributed by atoms with Crippen LogP contribution in [-0.4, -0.2) is 101 Å². The van der Waals surface area contributed by atoms with Crippen LogP contribution in [0.4, 0.5) is 4.79 Å². The summed E-state index contributed by atoms with van der Waals surface area (Å²) in [5, 5.41) is 2.75. The Kier molecular flexibility index (Phi) is 5.89. The van der Waals surface area contributed by atoms with Crippen LogP contribution in [0.1, 0.15) is 46.0 Å². The molecule has 0 bridgehead atoms. The van der Waals surface area contributed by atoms with Crippen LogP contribution < -0.4 is 5.32 Å². The lowest BCUT2D eigenvalue weighted by atomic mass is 9.93. The minimum Gasteiger partial charge on any atom is -0.345 e. The van der Waals surface area contributed by atoms with Crippen LogP contribution in [0, 0.1) is 11.8 Å². The number of nitrogens with zero attached hydrogens (tertiary/aromatic N) is 4. The Hall–Kier alpha value is -2.65. The van der Waals surface area contributed by atoms with E-state index in [2.05, 4.69) is 5.32 Å². The maximum absolute atomic E-state index is 12.9. The standard InChI is InChI=1S/C22H33N5O5/c1-4-22(5-2)20(31)27(21(32)23-22)13-18(29)25-11-15-7-9-26(16(15)12-25)17(28)10-14-6-8-24(3)19(14)30/h14-16H,4-13H2,1-3H3,(H,23,32)/t14?,15-,16+/m0/s1. The molecule has 0 saturated carbocycles. The molecule has 32 heavy (non-hydrogen) atoms. The van der Waals surface area contributed by atoms with E-state index in [4.69, 9.17) is 0 Å². The van der Waals surface area contributed by atoms with Crippen LogP contribution in [0.5, 0.6) is 0 Å². The van der Waals surface area contributed by atoms with Crippen molar-refractivity contribution in [2.45, 2.75) is 57.5 Å². The molecule has 0 radical (unpaired) electrons. The highest BCUT2D eigenvalue weighted by Gasteiger charge is 2.51. The Morgan fingerprint density at radius 1 is 1.03 bits per heavy atom. The van der Waals surface area contributed by atoms with Crippen molar-refractivity contribution >= 4 is 29.7 Å². The van der Waals surface area contributed by atoms with Crippen molar-refractivity contribution in [3.8, 4) is 0 Å². The summed E-state index contributed by atoms with van der Waals surface area (Å²) in [4.78, 5) is 69.4. The van der Waals surface area contributed by atoms with E-state index in [-0.39, 0.29) is 54.5 Å². The van der Waals surface area contributed by atoms with Gasteiger partial charge in [-0.2, -0.15) is 0 Å². The van der Waals surface area contributed by atoms with Crippen molar-refractivity contribution in [2.24, 2.45) is 11.8 Å². The van der Waals surface area contributed by atoms with Crippen molar-refractivity contribution in [1.82, 2.24) is 24.9 Å². The van der Waals surface area contributed by atoms with Gasteiger partial charge in [0.25, 0.3) is 5.91 Å². The van der Waals surface area contributed by atoms with Gasteiger partial charge in [-0.15, -0.1) is 0 Å². The van der Waals surface area contributed by atoms with E-state index in [1.54, 1.807) is 16.8 Å². The number of rotatable bonds is 6. The number of hydrogen-bond donors (Lipinski definition) is 1. The number of hydrogen-bond acceptors (Lipinski definition) is 5. The zero-order valence-electron chi connectivity index (χ0n) is 19.1. The summed E-state index contributed by atoms with van der Waals surface area (Å²) in [5.41, 5.74) is -0.923. The number of imide groups is 1. The number of likely N-dealkylation sites (tertiary alicyclic amines) is 3. The van der Waals surface area contributed by atoms with Gasteiger partial charge in [0.1, 0.15) is 12.1 Å². The van der Waals surface area contributed by atoms with Crippen molar-refractivity contribution in [2.75, 3.05) is 39.8 Å². The molecule has 10 nitrogen and oxygen atoms in total. The van der Waals surface area contributed by atoms with Crippen molar-refractivity contribution in [3.63, 3.8) is 0 Å². The number of carbonyl (C=O) groups excluding carboxylic acids is 5. The second-order valence-electron chi connectivity index (χ2n) is 9.56. The Morgan fingerprint density at radius 2 is 1.75 bits per heavy atom. The molecule has 4 rings (SSSR count). The van der Waals surface area contributed by atoms with Gasteiger partial charge >= 0.3 is 6.03 Å². The third-order valence-electron chi connectivity index (χ3n) is 7.93. The maximum atomic E-state index is 12.9. The molecule has 0 aromatic rings. The van der Waals surface area contributed by atoms with Gasteiger partial charge in [-0.05, 0) is 25.7 Å². The molecule has 1 unspecified atom stereocenters. The van der Waals surface area contributed by atoms with Gasteiger partial charge in [0.2, 0.25) is 17.7 Å². The fraction of sp³-hybridized carbons (Fsp3) is 0.773. The molecule has 4 aliphatic rings. The third kappa shape index (κ3) is 3.63. The molecule has 10 heteroatoms. The Bertz CT molecular complexity index is 841. The number of nitrogens with one attached hydrogen (secondary N) is 1. The van der Waals surface area contributed by atoms with Crippen LogP contribution in [0.2, 0.25) is 0 Å². The smallest absolute Gasteiger partial charge is 0.325 e. The fourth-order valence-corrected chi connectivity index (χ4v) is 5.67. The van der Waals surface area contributed by atoms with E-state index in [1.165, 1.54) is 0 Å². The van der Waals surface area contributed by atoms with E-state index in [1.807, 2.05) is 18.7 Å². The van der Waals surface area contributed by atoms with Gasteiger partial charge in [0.05, 0.1) is 6.04 Å². The predicted molar refractivity (Wildman–Crippen MR) is 114 cm³/mol. The summed E-state index contributed by atoms with van der Waals surface area (Å²) in [6, 6.07) is -0.580. The minimum atomic E-state index is -0.923. The van der Waals surface area contributed by atoms with Gasteiger partial charge in [0.15, 0.2) is 0 Å². The highest BCUT2D eigenvalue weighted by atomic mass is 16.2. The second kappa shape index (κ2) is 8.37. The summed E-state index contributed by atoms with van der Waals surface area (Å²) in [5.74, 6) is -0.665. The summed E-state index contributed by atoms with van der Waals surface area (Å²) >= 11 is 0. The van der Waals surface area contributed by atoms with Crippen molar-refractivity contribution in [1.29, 1.82) is 0 Å². The summed E-state index contributed by atoms with van der Waals surface area (Å²) in [6.45, 7) is 5.68. The zero-order valence-corrected chi connectivity index (χ0v) is 19.1. The first-order chi connectivity index (χ1) is 15.2. The summed E-state index contributed by atoms with van der Waals surface area (Å²) in [6.07, 6.45) is 2.69. The Labute approximate surface area is 188 Å². The molecular formula is C22H33N5O5. The van der Waals surface area contributed by atoms with Crippen LogP contribution in [-0.2, 0) is 19.2 Å². The molecule has 1 N–H and O–H groups in total. The average molecular weight is 448 g/mol. The molecular weight excluding hydrogens is 414 g/mol. The topological polar surface area (TPSA) is 110 Å². The molecule has 4 heterocycles. The predicted octanol–water partition coefficient (Wildman–Crippen LogP) is 0.0247. The van der Waals surface area contributed by atoms with Crippen molar-refractivity contribution < 1.29 is 24.0 Å². The highest BCUT2D eigenvalue weighted by Crippen LogP contribution is 2.33. The maximum Gasteiger partial charge on any atom is 0.325 e. The molecule has 4 fully saturated rings. The molecule has 4 saturated heterocycles. The molecule has 3 atom stereocenters. The Morgan fingerprint density at radius 3 is 2.34 bits per heavy atom. The summed E-state index contributed by atoms with van der Waals surface area (Å²) < 4.78 is 0. The highest BCUT2D eigenvalue weighted by molar-refractivity contribution is 6.09. The fourth-order valence-electron chi connectivity index (χ4n) is 5.67. The number of amides is 6. The first-order valence-electron chi connectivity index (χ1n) is 11.7. The van der Waals surface area contributed by atoms with Gasteiger partial charge in [-0.25, -0.2) is 4.79 Å². The van der Waals surface area contributed by atoms with E-state index < -0.39 is 11.6 Å². The number of carbonyl (C=O) groups is 5. The van der Waals surface area contributed by atoms with Crippen LogP contribution in [0.25, 0.3) is 0 Å². The molecule has 0 aliphatic carbocycles. The van der Waals surface area contributed by atoms with Gasteiger partial charge in [-0.1, -0.05) is 13.8 Å². The first kappa shape index (κ1) is 22.5. The average Bonchev–Trinajstić information content (AvgIpc) is 3.49. The van der Waals surface area contributed by atoms with Gasteiger partial charge in [0, 0.05) is 51.5 Å². The third-order valence-corrected chi connectivity index (χ3v) is 7.93.